The highest BCUT2D eigenvalue weighted by molar-refractivity contribution is 6.05. The van der Waals surface area contributed by atoms with Crippen LogP contribution in [0.2, 0.25) is 0 Å². The van der Waals surface area contributed by atoms with E-state index < -0.39 is 6.10 Å². The summed E-state index contributed by atoms with van der Waals surface area (Å²) in [6.07, 6.45) is 10.5. The zero-order valence-electron chi connectivity index (χ0n) is 18.1. The number of amides is 1. The summed E-state index contributed by atoms with van der Waals surface area (Å²) in [6.45, 7) is 0.634. The Labute approximate surface area is 186 Å². The van der Waals surface area contributed by atoms with Crippen molar-refractivity contribution in [3.8, 4) is 11.1 Å². The number of aryl methyl sites for hydroxylation is 1. The van der Waals surface area contributed by atoms with Crippen molar-refractivity contribution in [2.24, 2.45) is 7.05 Å². The lowest BCUT2D eigenvalue weighted by molar-refractivity contribution is 0.0718. The number of fused-ring (bicyclic) bond motifs is 1. The van der Waals surface area contributed by atoms with Gasteiger partial charge in [-0.2, -0.15) is 5.10 Å². The van der Waals surface area contributed by atoms with Gasteiger partial charge in [-0.25, -0.2) is 0 Å². The lowest BCUT2D eigenvalue weighted by Crippen LogP contribution is -2.45. The van der Waals surface area contributed by atoms with Crippen molar-refractivity contribution in [3.05, 3.63) is 72.3 Å². The Bertz CT molecular complexity index is 1240. The van der Waals surface area contributed by atoms with E-state index in [1.165, 1.54) is 0 Å². The second kappa shape index (κ2) is 8.59. The van der Waals surface area contributed by atoms with Gasteiger partial charge in [0.25, 0.3) is 5.91 Å². The highest BCUT2D eigenvalue weighted by atomic mass is 16.3. The first-order chi connectivity index (χ1) is 15.6. The van der Waals surface area contributed by atoms with Gasteiger partial charge in [-0.05, 0) is 36.1 Å². The maximum absolute atomic E-state index is 13.1. The third-order valence-corrected chi connectivity index (χ3v) is 6.27. The molecule has 0 saturated heterocycles. The van der Waals surface area contributed by atoms with E-state index in [9.17, 15) is 9.90 Å². The predicted molar refractivity (Wildman–Crippen MR) is 123 cm³/mol. The summed E-state index contributed by atoms with van der Waals surface area (Å²) in [5.74, 6) is -0.176. The highest BCUT2D eigenvalue weighted by Crippen LogP contribution is 2.24. The maximum Gasteiger partial charge on any atom is 0.255 e. The van der Waals surface area contributed by atoms with E-state index in [1.54, 1.807) is 10.9 Å². The van der Waals surface area contributed by atoms with E-state index in [1.807, 2.05) is 37.8 Å². The molecule has 0 radical (unpaired) electrons. The zero-order chi connectivity index (χ0) is 22.1. The topological polar surface area (TPSA) is 85.0 Å². The van der Waals surface area contributed by atoms with Gasteiger partial charge in [0, 0.05) is 37.7 Å². The fraction of sp³-hybridized carbons (Fsp3) is 0.320. The van der Waals surface area contributed by atoms with E-state index in [2.05, 4.69) is 44.2 Å². The third kappa shape index (κ3) is 4.03. The van der Waals surface area contributed by atoms with Crippen molar-refractivity contribution in [1.29, 1.82) is 0 Å². The van der Waals surface area contributed by atoms with E-state index in [0.29, 0.717) is 17.6 Å². The highest BCUT2D eigenvalue weighted by Gasteiger charge is 2.26. The van der Waals surface area contributed by atoms with Gasteiger partial charge in [-0.1, -0.05) is 37.1 Å². The fourth-order valence-corrected chi connectivity index (χ4v) is 4.51. The summed E-state index contributed by atoms with van der Waals surface area (Å²) in [5.41, 5.74) is 5.48. The second-order valence-electron chi connectivity index (χ2n) is 8.57. The maximum atomic E-state index is 13.1. The first-order valence-corrected chi connectivity index (χ1v) is 11.1. The largest absolute Gasteiger partial charge is 0.391 e. The number of carbonyl (C=O) groups excluding carboxylic acids is 1. The number of nitrogens with one attached hydrogen (secondary N) is 1. The number of benzene rings is 1. The molecular formula is C25H27N5O2. The van der Waals surface area contributed by atoms with E-state index in [4.69, 9.17) is 0 Å². The number of aliphatic hydroxyl groups is 1. The van der Waals surface area contributed by atoms with Crippen molar-refractivity contribution < 1.29 is 9.90 Å². The van der Waals surface area contributed by atoms with Crippen molar-refractivity contribution in [2.45, 2.75) is 44.4 Å². The van der Waals surface area contributed by atoms with Crippen molar-refractivity contribution in [3.63, 3.8) is 0 Å². The van der Waals surface area contributed by atoms with Gasteiger partial charge in [0.1, 0.15) is 5.52 Å². The Balaban J connectivity index is 1.39. The van der Waals surface area contributed by atoms with Crippen LogP contribution in [0.1, 0.15) is 41.6 Å². The van der Waals surface area contributed by atoms with Gasteiger partial charge in [-0.15, -0.1) is 0 Å². The van der Waals surface area contributed by atoms with Crippen molar-refractivity contribution in [1.82, 2.24) is 24.6 Å². The quantitative estimate of drug-likeness (QED) is 0.508. The molecule has 7 nitrogen and oxygen atoms in total. The molecule has 2 N–H and O–H groups in total. The van der Waals surface area contributed by atoms with Crippen LogP contribution < -0.4 is 5.32 Å². The molecule has 1 saturated carbocycles. The lowest BCUT2D eigenvalue weighted by atomic mass is 9.92. The lowest BCUT2D eigenvalue weighted by Gasteiger charge is -2.28. The summed E-state index contributed by atoms with van der Waals surface area (Å²) in [6, 6.07) is 12.1. The van der Waals surface area contributed by atoms with Crippen LogP contribution in [0.15, 0.2) is 61.2 Å². The molecule has 3 aromatic heterocycles. The molecule has 1 aliphatic carbocycles. The molecule has 1 fully saturated rings. The minimum absolute atomic E-state index is 0.176. The van der Waals surface area contributed by atoms with Crippen LogP contribution >= 0.6 is 0 Å². The molecular weight excluding hydrogens is 402 g/mol. The number of rotatable bonds is 5. The predicted octanol–water partition coefficient (Wildman–Crippen LogP) is 3.52. The molecule has 0 bridgehead atoms. The Kier molecular flexibility index (Phi) is 5.49. The molecule has 5 rings (SSSR count). The molecule has 0 spiro atoms. The normalized spacial score (nSPS) is 18.7. The molecule has 0 aliphatic heterocycles. The summed E-state index contributed by atoms with van der Waals surface area (Å²) in [7, 11) is 1.91. The first-order valence-electron chi connectivity index (χ1n) is 11.1. The third-order valence-electron chi connectivity index (χ3n) is 6.27. The number of nitrogens with zero attached hydrogens (tertiary/aromatic N) is 4. The molecule has 7 heteroatoms. The van der Waals surface area contributed by atoms with Crippen LogP contribution in [0.3, 0.4) is 0 Å². The van der Waals surface area contributed by atoms with Crippen LogP contribution in [0.4, 0.5) is 0 Å². The van der Waals surface area contributed by atoms with E-state index >= 15 is 0 Å². The molecule has 3 heterocycles. The standard InChI is InChI=1S/C25H27N5O2/c1-29-15-19(13-27-29)18-10-8-17(9-11-18)14-30-16-20(24-22(30)6-4-12-26-24)25(32)28-21-5-2-3-7-23(21)31/h4,6,8-13,15-16,21,23,31H,2-3,5,7,14H2,1H3,(H,28,32)/t21-,23+/m1/s1. The van der Waals surface area contributed by atoms with Crippen LogP contribution in [0, 0.1) is 0 Å². The number of hydrogen-bond donors (Lipinski definition) is 2. The molecule has 1 amide bonds. The number of aromatic nitrogens is 4. The minimum atomic E-state index is -0.479. The van der Waals surface area contributed by atoms with Gasteiger partial charge < -0.3 is 15.0 Å². The van der Waals surface area contributed by atoms with Crippen LogP contribution in [-0.2, 0) is 13.6 Å². The number of aliphatic hydroxyl groups excluding tert-OH is 1. The number of hydrogen-bond acceptors (Lipinski definition) is 4. The molecule has 1 aliphatic rings. The van der Waals surface area contributed by atoms with E-state index in [0.717, 1.165) is 47.9 Å². The Morgan fingerprint density at radius 3 is 2.69 bits per heavy atom. The summed E-state index contributed by atoms with van der Waals surface area (Å²) >= 11 is 0. The van der Waals surface area contributed by atoms with Gasteiger partial charge in [0.15, 0.2) is 0 Å². The zero-order valence-corrected chi connectivity index (χ0v) is 18.1. The monoisotopic (exact) mass is 429 g/mol. The summed E-state index contributed by atoms with van der Waals surface area (Å²) in [5, 5.41) is 17.5. The minimum Gasteiger partial charge on any atom is -0.391 e. The van der Waals surface area contributed by atoms with Crippen LogP contribution in [0.5, 0.6) is 0 Å². The van der Waals surface area contributed by atoms with Crippen LogP contribution in [0.25, 0.3) is 22.2 Å². The molecule has 164 valence electrons. The Morgan fingerprint density at radius 1 is 1.12 bits per heavy atom. The number of pyridine rings is 1. The van der Waals surface area contributed by atoms with Crippen molar-refractivity contribution in [2.75, 3.05) is 0 Å². The number of carbonyl (C=O) groups is 1. The average molecular weight is 430 g/mol. The molecule has 2 atom stereocenters. The van der Waals surface area contributed by atoms with E-state index in [-0.39, 0.29) is 11.9 Å². The second-order valence-corrected chi connectivity index (χ2v) is 8.57. The van der Waals surface area contributed by atoms with Crippen LogP contribution in [-0.4, -0.2) is 42.5 Å². The Morgan fingerprint density at radius 2 is 1.94 bits per heavy atom. The smallest absolute Gasteiger partial charge is 0.255 e. The van der Waals surface area contributed by atoms with Gasteiger partial charge >= 0.3 is 0 Å². The summed E-state index contributed by atoms with van der Waals surface area (Å²) < 4.78 is 3.86. The van der Waals surface area contributed by atoms with Gasteiger partial charge in [0.2, 0.25) is 0 Å². The molecule has 32 heavy (non-hydrogen) atoms. The molecule has 4 aromatic rings. The molecule has 0 unspecified atom stereocenters. The van der Waals surface area contributed by atoms with Crippen molar-refractivity contribution >= 4 is 16.9 Å². The van der Waals surface area contributed by atoms with Gasteiger partial charge in [0.05, 0.1) is 29.4 Å². The SMILES string of the molecule is Cn1cc(-c2ccc(Cn3cc(C(=O)N[C@@H]4CCCC[C@@H]4O)c4ncccc43)cc2)cn1. The summed E-state index contributed by atoms with van der Waals surface area (Å²) in [4.78, 5) is 17.5. The average Bonchev–Trinajstić information content (AvgIpc) is 3.40. The van der Waals surface area contributed by atoms with Gasteiger partial charge in [-0.3, -0.25) is 14.5 Å². The molecule has 1 aromatic carbocycles. The first kappa shape index (κ1) is 20.5. The Hall–Kier alpha value is -3.45. The fourth-order valence-electron chi connectivity index (χ4n) is 4.51.